The highest BCUT2D eigenvalue weighted by Crippen LogP contribution is 2.27. The SMILES string of the molecule is Cc1oc(-c2cccc(-c3ccccc3)c2)nc1CCOc1ccc(CCC(=O)O)c(C#N)c1. The third-order valence-corrected chi connectivity index (χ3v) is 5.53. The van der Waals surface area contributed by atoms with Gasteiger partial charge in [0.15, 0.2) is 0 Å². The summed E-state index contributed by atoms with van der Waals surface area (Å²) < 4.78 is 11.8. The lowest BCUT2D eigenvalue weighted by molar-refractivity contribution is -0.136. The van der Waals surface area contributed by atoms with E-state index in [1.165, 1.54) is 0 Å². The second-order valence-corrected chi connectivity index (χ2v) is 7.89. The summed E-state index contributed by atoms with van der Waals surface area (Å²) in [7, 11) is 0. The van der Waals surface area contributed by atoms with Gasteiger partial charge in [-0.1, -0.05) is 48.5 Å². The van der Waals surface area contributed by atoms with Gasteiger partial charge in [0.2, 0.25) is 5.89 Å². The summed E-state index contributed by atoms with van der Waals surface area (Å²) in [5.74, 6) is 0.983. The van der Waals surface area contributed by atoms with Crippen molar-refractivity contribution in [3.63, 3.8) is 0 Å². The van der Waals surface area contributed by atoms with Gasteiger partial charge >= 0.3 is 5.97 Å². The number of ether oxygens (including phenoxy) is 1. The third kappa shape index (κ3) is 5.51. The standard InChI is InChI=1S/C28H24N2O4/c1-19-26(14-15-33-25-12-10-21(11-13-27(31)32)24(17-25)18-29)30-28(34-19)23-9-5-8-22(16-23)20-6-3-2-4-7-20/h2-10,12,16-17H,11,13-15H2,1H3,(H,31,32). The molecule has 1 heterocycles. The van der Waals surface area contributed by atoms with Crippen molar-refractivity contribution >= 4 is 5.97 Å². The number of nitriles is 1. The Balaban J connectivity index is 1.42. The minimum atomic E-state index is -0.890. The van der Waals surface area contributed by atoms with Crippen LogP contribution in [0.15, 0.2) is 77.2 Å². The minimum Gasteiger partial charge on any atom is -0.493 e. The van der Waals surface area contributed by atoms with Gasteiger partial charge in [-0.25, -0.2) is 4.98 Å². The number of rotatable bonds is 9. The molecule has 0 amide bonds. The summed E-state index contributed by atoms with van der Waals surface area (Å²) >= 11 is 0. The van der Waals surface area contributed by atoms with E-state index in [9.17, 15) is 10.1 Å². The van der Waals surface area contributed by atoms with E-state index >= 15 is 0 Å². The molecule has 0 aliphatic heterocycles. The number of nitrogens with zero attached hydrogens (tertiary/aromatic N) is 2. The zero-order chi connectivity index (χ0) is 23.9. The van der Waals surface area contributed by atoms with Gasteiger partial charge in [0.05, 0.1) is 23.9 Å². The number of hydrogen-bond donors (Lipinski definition) is 1. The third-order valence-electron chi connectivity index (χ3n) is 5.53. The first-order valence-electron chi connectivity index (χ1n) is 11.0. The maximum atomic E-state index is 10.8. The summed E-state index contributed by atoms with van der Waals surface area (Å²) in [6.45, 7) is 2.26. The van der Waals surface area contributed by atoms with Crippen molar-refractivity contribution in [1.82, 2.24) is 4.98 Å². The molecule has 34 heavy (non-hydrogen) atoms. The van der Waals surface area contributed by atoms with Crippen molar-refractivity contribution in [2.45, 2.75) is 26.2 Å². The van der Waals surface area contributed by atoms with Crippen molar-refractivity contribution < 1.29 is 19.1 Å². The van der Waals surface area contributed by atoms with Crippen LogP contribution in [0.25, 0.3) is 22.6 Å². The van der Waals surface area contributed by atoms with E-state index < -0.39 is 5.97 Å². The number of aryl methyl sites for hydroxylation is 2. The highest BCUT2D eigenvalue weighted by atomic mass is 16.5. The number of oxazole rings is 1. The maximum Gasteiger partial charge on any atom is 0.303 e. The lowest BCUT2D eigenvalue weighted by atomic mass is 10.0. The quantitative estimate of drug-likeness (QED) is 0.343. The normalized spacial score (nSPS) is 10.6. The van der Waals surface area contributed by atoms with Crippen LogP contribution in [0.2, 0.25) is 0 Å². The van der Waals surface area contributed by atoms with Gasteiger partial charge in [0.25, 0.3) is 0 Å². The molecule has 0 fully saturated rings. The maximum absolute atomic E-state index is 10.8. The first-order chi connectivity index (χ1) is 16.5. The molecule has 1 aromatic heterocycles. The predicted octanol–water partition coefficient (Wildman–Crippen LogP) is 5.83. The highest BCUT2D eigenvalue weighted by Gasteiger charge is 2.13. The Morgan fingerprint density at radius 3 is 2.53 bits per heavy atom. The monoisotopic (exact) mass is 452 g/mol. The lowest BCUT2D eigenvalue weighted by Gasteiger charge is -2.08. The van der Waals surface area contributed by atoms with E-state index in [1.807, 2.05) is 37.3 Å². The topological polar surface area (TPSA) is 96.3 Å². The van der Waals surface area contributed by atoms with Gasteiger partial charge in [0, 0.05) is 18.4 Å². The number of hydrogen-bond acceptors (Lipinski definition) is 5. The molecule has 6 nitrogen and oxygen atoms in total. The van der Waals surface area contributed by atoms with Gasteiger partial charge in [-0.3, -0.25) is 4.79 Å². The molecule has 0 aliphatic carbocycles. The molecule has 0 radical (unpaired) electrons. The molecule has 0 spiro atoms. The molecule has 170 valence electrons. The Morgan fingerprint density at radius 1 is 1.00 bits per heavy atom. The Bertz CT molecular complexity index is 1340. The first kappa shape index (κ1) is 22.8. The molecular formula is C28H24N2O4. The fraction of sp³-hybridized carbons (Fsp3) is 0.179. The number of aliphatic carboxylic acids is 1. The van der Waals surface area contributed by atoms with E-state index in [1.54, 1.807) is 18.2 Å². The number of benzene rings is 3. The van der Waals surface area contributed by atoms with Crippen LogP contribution in [-0.4, -0.2) is 22.7 Å². The molecular weight excluding hydrogens is 428 g/mol. The van der Waals surface area contributed by atoms with Gasteiger partial charge in [-0.15, -0.1) is 0 Å². The fourth-order valence-electron chi connectivity index (χ4n) is 3.72. The van der Waals surface area contributed by atoms with Crippen LogP contribution >= 0.6 is 0 Å². The summed E-state index contributed by atoms with van der Waals surface area (Å²) in [6.07, 6.45) is 0.845. The second kappa shape index (κ2) is 10.5. The van der Waals surface area contributed by atoms with Crippen molar-refractivity contribution in [2.24, 2.45) is 0 Å². The van der Waals surface area contributed by atoms with E-state index in [0.717, 1.165) is 28.1 Å². The summed E-state index contributed by atoms with van der Waals surface area (Å²) in [5.41, 5.74) is 5.08. The van der Waals surface area contributed by atoms with Gasteiger partial charge < -0.3 is 14.3 Å². The molecule has 4 aromatic rings. The molecule has 4 rings (SSSR count). The molecule has 0 bridgehead atoms. The largest absolute Gasteiger partial charge is 0.493 e. The number of carboxylic acids is 1. The Hall–Kier alpha value is -4.37. The first-order valence-corrected chi connectivity index (χ1v) is 11.0. The second-order valence-electron chi connectivity index (χ2n) is 7.89. The minimum absolute atomic E-state index is 0.0170. The predicted molar refractivity (Wildman–Crippen MR) is 128 cm³/mol. The van der Waals surface area contributed by atoms with Gasteiger partial charge in [-0.05, 0) is 54.3 Å². The summed E-state index contributed by atoms with van der Waals surface area (Å²) in [4.78, 5) is 15.5. The Morgan fingerprint density at radius 2 is 1.76 bits per heavy atom. The average molecular weight is 453 g/mol. The van der Waals surface area contributed by atoms with E-state index in [0.29, 0.717) is 42.2 Å². The van der Waals surface area contributed by atoms with Crippen molar-refractivity contribution in [3.05, 3.63) is 95.4 Å². The van der Waals surface area contributed by atoms with Crippen molar-refractivity contribution in [1.29, 1.82) is 5.26 Å². The summed E-state index contributed by atoms with van der Waals surface area (Å²) in [5, 5.41) is 18.2. The highest BCUT2D eigenvalue weighted by molar-refractivity contribution is 5.70. The number of carbonyl (C=O) groups is 1. The molecule has 3 aromatic carbocycles. The van der Waals surface area contributed by atoms with E-state index in [2.05, 4.69) is 35.3 Å². The zero-order valence-electron chi connectivity index (χ0n) is 18.8. The van der Waals surface area contributed by atoms with Crippen LogP contribution in [0.5, 0.6) is 5.75 Å². The Kier molecular flexibility index (Phi) is 7.04. The van der Waals surface area contributed by atoms with Crippen molar-refractivity contribution in [3.8, 4) is 34.4 Å². The molecule has 6 heteroatoms. The molecule has 0 saturated carbocycles. The molecule has 0 atom stereocenters. The summed E-state index contributed by atoms with van der Waals surface area (Å²) in [6, 6.07) is 25.5. The van der Waals surface area contributed by atoms with Crippen molar-refractivity contribution in [2.75, 3.05) is 6.61 Å². The Labute approximate surface area is 198 Å². The molecule has 0 unspecified atom stereocenters. The number of aromatic nitrogens is 1. The van der Waals surface area contributed by atoms with Crippen LogP contribution in [0.3, 0.4) is 0 Å². The average Bonchev–Trinajstić information content (AvgIpc) is 3.24. The van der Waals surface area contributed by atoms with Gasteiger partial charge in [-0.2, -0.15) is 5.26 Å². The van der Waals surface area contributed by atoms with E-state index in [-0.39, 0.29) is 6.42 Å². The van der Waals surface area contributed by atoms with Crippen LogP contribution < -0.4 is 4.74 Å². The van der Waals surface area contributed by atoms with Gasteiger partial charge in [0.1, 0.15) is 11.5 Å². The van der Waals surface area contributed by atoms with Crippen LogP contribution in [-0.2, 0) is 17.6 Å². The smallest absolute Gasteiger partial charge is 0.303 e. The molecule has 0 aliphatic rings. The molecule has 0 saturated heterocycles. The lowest BCUT2D eigenvalue weighted by Crippen LogP contribution is -2.04. The van der Waals surface area contributed by atoms with E-state index in [4.69, 9.17) is 14.3 Å². The van der Waals surface area contributed by atoms with Crippen LogP contribution in [0.4, 0.5) is 0 Å². The zero-order valence-corrected chi connectivity index (χ0v) is 18.8. The fourth-order valence-corrected chi connectivity index (χ4v) is 3.72. The molecule has 1 N–H and O–H groups in total. The number of carboxylic acid groups (broad SMARTS) is 1. The van der Waals surface area contributed by atoms with Crippen LogP contribution in [0, 0.1) is 18.3 Å². The van der Waals surface area contributed by atoms with Crippen LogP contribution in [0.1, 0.15) is 29.0 Å².